The number of nitrogens with two attached hydrogens (primary N) is 1. The first-order valence-corrected chi connectivity index (χ1v) is 5.43. The molecule has 1 unspecified atom stereocenters. The normalized spacial score (nSPS) is 12.7. The van der Waals surface area contributed by atoms with E-state index in [4.69, 9.17) is 5.73 Å². The lowest BCUT2D eigenvalue weighted by Crippen LogP contribution is -2.11. The van der Waals surface area contributed by atoms with Crippen molar-refractivity contribution in [3.05, 3.63) is 34.9 Å². The molecule has 78 valence electrons. The second kappa shape index (κ2) is 4.48. The first-order chi connectivity index (χ1) is 7.31. The van der Waals surface area contributed by atoms with E-state index in [9.17, 15) is 5.11 Å². The average Bonchev–Trinajstić information content (AvgIpc) is 2.78. The Bertz CT molecular complexity index is 429. The third kappa shape index (κ3) is 2.20. The molecule has 15 heavy (non-hydrogen) atoms. The molecule has 0 aliphatic carbocycles. The summed E-state index contributed by atoms with van der Waals surface area (Å²) in [4.78, 5) is 8.31. The number of thiazole rings is 1. The molecule has 1 atom stereocenters. The molecule has 0 saturated carbocycles. The molecule has 0 aliphatic rings. The fraction of sp³-hybridized carbons (Fsp3) is 0.200. The molecule has 4 nitrogen and oxygen atoms in total. The van der Waals surface area contributed by atoms with Crippen LogP contribution >= 0.6 is 11.3 Å². The highest BCUT2D eigenvalue weighted by Crippen LogP contribution is 2.24. The first-order valence-electron chi connectivity index (χ1n) is 4.55. The van der Waals surface area contributed by atoms with Crippen LogP contribution in [0.1, 0.15) is 11.1 Å². The van der Waals surface area contributed by atoms with E-state index in [0.717, 1.165) is 11.3 Å². The van der Waals surface area contributed by atoms with E-state index in [0.29, 0.717) is 5.01 Å². The molecule has 0 radical (unpaired) electrons. The van der Waals surface area contributed by atoms with Crippen molar-refractivity contribution in [2.45, 2.75) is 6.10 Å². The molecule has 2 aromatic rings. The zero-order valence-electron chi connectivity index (χ0n) is 8.00. The molecule has 0 fully saturated rings. The number of aromatic nitrogens is 2. The summed E-state index contributed by atoms with van der Waals surface area (Å²) in [6.45, 7) is 0.194. The Morgan fingerprint density at radius 1 is 1.53 bits per heavy atom. The molecule has 2 aromatic heterocycles. The average molecular weight is 221 g/mol. The lowest BCUT2D eigenvalue weighted by Gasteiger charge is -2.01. The number of hydrogen-bond acceptors (Lipinski definition) is 5. The smallest absolute Gasteiger partial charge is 0.123 e. The summed E-state index contributed by atoms with van der Waals surface area (Å²) in [5, 5.41) is 12.0. The maximum Gasteiger partial charge on any atom is 0.123 e. The summed E-state index contributed by atoms with van der Waals surface area (Å²) < 4.78 is 0. The fourth-order valence-electron chi connectivity index (χ4n) is 1.19. The van der Waals surface area contributed by atoms with Crippen LogP contribution in [0.4, 0.5) is 0 Å². The number of pyridine rings is 1. The standard InChI is InChI=1S/C10H11N3OS/c11-4-9(14)10-13-8(6-15-10)7-2-1-3-12-5-7/h1-3,5-6,9,14H,4,11H2. The monoisotopic (exact) mass is 221 g/mol. The van der Waals surface area contributed by atoms with Crippen LogP contribution in [0.3, 0.4) is 0 Å². The first kappa shape index (κ1) is 10.2. The van der Waals surface area contributed by atoms with Crippen molar-refractivity contribution < 1.29 is 5.11 Å². The fourth-order valence-corrected chi connectivity index (χ4v) is 2.01. The van der Waals surface area contributed by atoms with Crippen molar-refractivity contribution in [3.8, 4) is 11.3 Å². The zero-order chi connectivity index (χ0) is 10.7. The van der Waals surface area contributed by atoms with E-state index in [-0.39, 0.29) is 6.54 Å². The van der Waals surface area contributed by atoms with Crippen LogP contribution in [0.2, 0.25) is 0 Å². The third-order valence-electron chi connectivity index (χ3n) is 1.99. The number of nitrogens with zero attached hydrogens (tertiary/aromatic N) is 2. The Morgan fingerprint density at radius 2 is 2.40 bits per heavy atom. The predicted molar refractivity (Wildman–Crippen MR) is 59.4 cm³/mol. The number of hydrogen-bond donors (Lipinski definition) is 2. The summed E-state index contributed by atoms with van der Waals surface area (Å²) in [5.74, 6) is 0. The van der Waals surface area contributed by atoms with Gasteiger partial charge in [-0.3, -0.25) is 4.98 Å². The van der Waals surface area contributed by atoms with Crippen molar-refractivity contribution in [2.24, 2.45) is 5.73 Å². The Balaban J connectivity index is 2.28. The Morgan fingerprint density at radius 3 is 3.07 bits per heavy atom. The highest BCUT2D eigenvalue weighted by molar-refractivity contribution is 7.10. The van der Waals surface area contributed by atoms with Gasteiger partial charge in [-0.1, -0.05) is 0 Å². The lowest BCUT2D eigenvalue weighted by molar-refractivity contribution is 0.186. The number of aliphatic hydroxyl groups excluding tert-OH is 1. The van der Waals surface area contributed by atoms with Gasteiger partial charge < -0.3 is 10.8 Å². The third-order valence-corrected chi connectivity index (χ3v) is 2.93. The molecule has 0 spiro atoms. The van der Waals surface area contributed by atoms with Crippen LogP contribution in [0, 0.1) is 0 Å². The van der Waals surface area contributed by atoms with Crippen molar-refractivity contribution in [3.63, 3.8) is 0 Å². The van der Waals surface area contributed by atoms with Gasteiger partial charge in [-0.25, -0.2) is 4.98 Å². The van der Waals surface area contributed by atoms with Gasteiger partial charge in [-0.15, -0.1) is 11.3 Å². The van der Waals surface area contributed by atoms with E-state index in [2.05, 4.69) is 9.97 Å². The van der Waals surface area contributed by atoms with Gasteiger partial charge in [0.15, 0.2) is 0 Å². The van der Waals surface area contributed by atoms with Gasteiger partial charge in [-0.05, 0) is 12.1 Å². The molecule has 0 aliphatic heterocycles. The summed E-state index contributed by atoms with van der Waals surface area (Å²) in [6.07, 6.45) is 2.79. The van der Waals surface area contributed by atoms with Crippen LogP contribution in [0.15, 0.2) is 29.9 Å². The van der Waals surface area contributed by atoms with Gasteiger partial charge in [0, 0.05) is 29.9 Å². The minimum absolute atomic E-state index is 0.194. The van der Waals surface area contributed by atoms with Gasteiger partial charge >= 0.3 is 0 Å². The topological polar surface area (TPSA) is 72.0 Å². The molecule has 2 heterocycles. The molecule has 0 amide bonds. The predicted octanol–water partition coefficient (Wildman–Crippen LogP) is 1.20. The van der Waals surface area contributed by atoms with Crippen molar-refractivity contribution in [1.82, 2.24) is 9.97 Å². The highest BCUT2D eigenvalue weighted by Gasteiger charge is 2.11. The van der Waals surface area contributed by atoms with Crippen molar-refractivity contribution in [1.29, 1.82) is 0 Å². The van der Waals surface area contributed by atoms with Gasteiger partial charge in [0.25, 0.3) is 0 Å². The molecule has 0 bridgehead atoms. The molecular weight excluding hydrogens is 210 g/mol. The van der Waals surface area contributed by atoms with E-state index in [1.165, 1.54) is 11.3 Å². The lowest BCUT2D eigenvalue weighted by atomic mass is 10.2. The van der Waals surface area contributed by atoms with Gasteiger partial charge in [0.2, 0.25) is 0 Å². The van der Waals surface area contributed by atoms with Crippen molar-refractivity contribution in [2.75, 3.05) is 6.54 Å². The SMILES string of the molecule is NCC(O)c1nc(-c2cccnc2)cs1. The molecule has 3 N–H and O–H groups in total. The largest absolute Gasteiger partial charge is 0.385 e. The van der Waals surface area contributed by atoms with Crippen LogP contribution in [-0.4, -0.2) is 21.6 Å². The van der Waals surface area contributed by atoms with Gasteiger partial charge in [-0.2, -0.15) is 0 Å². The minimum atomic E-state index is -0.666. The van der Waals surface area contributed by atoms with Crippen molar-refractivity contribution >= 4 is 11.3 Å². The molecular formula is C10H11N3OS. The van der Waals surface area contributed by atoms with Crippen LogP contribution in [-0.2, 0) is 0 Å². The Hall–Kier alpha value is -1.30. The van der Waals surface area contributed by atoms with E-state index in [1.807, 2.05) is 17.5 Å². The van der Waals surface area contributed by atoms with E-state index in [1.54, 1.807) is 12.4 Å². The minimum Gasteiger partial charge on any atom is -0.385 e. The van der Waals surface area contributed by atoms with E-state index >= 15 is 0 Å². The summed E-state index contributed by atoms with van der Waals surface area (Å²) in [7, 11) is 0. The van der Waals surface area contributed by atoms with Gasteiger partial charge in [0.1, 0.15) is 11.1 Å². The molecule has 0 saturated heterocycles. The summed E-state index contributed by atoms with van der Waals surface area (Å²) in [5.41, 5.74) is 7.13. The van der Waals surface area contributed by atoms with Crippen LogP contribution in [0.5, 0.6) is 0 Å². The second-order valence-electron chi connectivity index (χ2n) is 3.06. The molecule has 0 aromatic carbocycles. The number of rotatable bonds is 3. The van der Waals surface area contributed by atoms with Crippen LogP contribution < -0.4 is 5.73 Å². The Labute approximate surface area is 91.4 Å². The molecule has 2 rings (SSSR count). The zero-order valence-corrected chi connectivity index (χ0v) is 8.81. The molecule has 5 heteroatoms. The highest BCUT2D eigenvalue weighted by atomic mass is 32.1. The summed E-state index contributed by atoms with van der Waals surface area (Å²) >= 11 is 1.41. The number of aliphatic hydroxyl groups is 1. The maximum atomic E-state index is 9.50. The summed E-state index contributed by atoms with van der Waals surface area (Å²) in [6, 6.07) is 3.79. The second-order valence-corrected chi connectivity index (χ2v) is 3.95. The Kier molecular flexibility index (Phi) is 3.05. The van der Waals surface area contributed by atoms with Crippen LogP contribution in [0.25, 0.3) is 11.3 Å². The quantitative estimate of drug-likeness (QED) is 0.816. The van der Waals surface area contributed by atoms with Gasteiger partial charge in [0.05, 0.1) is 5.69 Å². The van der Waals surface area contributed by atoms with E-state index < -0.39 is 6.10 Å². The maximum absolute atomic E-state index is 9.50.